The van der Waals surface area contributed by atoms with Gasteiger partial charge in [0.1, 0.15) is 0 Å². The van der Waals surface area contributed by atoms with Gasteiger partial charge in [-0.05, 0) is 42.5 Å². The summed E-state index contributed by atoms with van der Waals surface area (Å²) < 4.78 is 1.99. The second kappa shape index (κ2) is 5.83. The van der Waals surface area contributed by atoms with Crippen LogP contribution in [-0.4, -0.2) is 19.7 Å². The van der Waals surface area contributed by atoms with Crippen molar-refractivity contribution in [1.82, 2.24) is 19.7 Å². The molecule has 1 aliphatic rings. The molecule has 0 amide bonds. The molecule has 0 unspecified atom stereocenters. The van der Waals surface area contributed by atoms with Crippen molar-refractivity contribution in [3.8, 4) is 28.5 Å². The fourth-order valence-electron chi connectivity index (χ4n) is 3.10. The van der Waals surface area contributed by atoms with Gasteiger partial charge in [0.15, 0.2) is 17.5 Å². The molecule has 7 heteroatoms. The predicted molar refractivity (Wildman–Crippen MR) is 103 cm³/mol. The second-order valence-corrected chi connectivity index (χ2v) is 6.67. The minimum absolute atomic E-state index is 0.472. The predicted octanol–water partition coefficient (Wildman–Crippen LogP) is 5.36. The molecule has 1 aliphatic heterocycles. The van der Waals surface area contributed by atoms with Gasteiger partial charge in [-0.2, -0.15) is 0 Å². The van der Waals surface area contributed by atoms with Crippen LogP contribution in [-0.2, 0) is 0 Å². The van der Waals surface area contributed by atoms with E-state index in [9.17, 15) is 0 Å². The number of para-hydroxylation sites is 1. The number of aromatic nitrogens is 4. The molecule has 5 rings (SSSR count). The van der Waals surface area contributed by atoms with Gasteiger partial charge < -0.3 is 5.32 Å². The summed E-state index contributed by atoms with van der Waals surface area (Å²) >= 11 is 12.3. The summed E-state index contributed by atoms with van der Waals surface area (Å²) in [5.41, 5.74) is 3.57. The first-order valence-electron chi connectivity index (χ1n) is 7.95. The largest absolute Gasteiger partial charge is 0.338 e. The first kappa shape index (κ1) is 15.4. The van der Waals surface area contributed by atoms with E-state index >= 15 is 0 Å². The molecule has 5 nitrogen and oxygen atoms in total. The molecule has 0 aliphatic carbocycles. The molecular weight excluding hydrogens is 369 g/mol. The lowest BCUT2D eigenvalue weighted by atomic mass is 10.1. The molecular formula is C19H11Cl2N5. The lowest BCUT2D eigenvalue weighted by molar-refractivity contribution is 1.07. The van der Waals surface area contributed by atoms with Gasteiger partial charge in [0.25, 0.3) is 0 Å². The second-order valence-electron chi connectivity index (χ2n) is 5.85. The van der Waals surface area contributed by atoms with Gasteiger partial charge in [0, 0.05) is 17.3 Å². The molecule has 26 heavy (non-hydrogen) atoms. The van der Waals surface area contributed by atoms with Gasteiger partial charge in [-0.15, -0.1) is 10.2 Å². The number of nitrogens with zero attached hydrogens (tertiary/aromatic N) is 4. The van der Waals surface area contributed by atoms with E-state index in [1.165, 1.54) is 0 Å². The number of nitrogens with one attached hydrogen (secondary N) is 1. The normalized spacial score (nSPS) is 11.8. The Morgan fingerprint density at radius 1 is 0.846 bits per heavy atom. The molecule has 4 aromatic rings. The Kier molecular flexibility index (Phi) is 3.45. The first-order valence-corrected chi connectivity index (χ1v) is 8.70. The van der Waals surface area contributed by atoms with Crippen LogP contribution in [0.5, 0.6) is 0 Å². The van der Waals surface area contributed by atoms with E-state index in [-0.39, 0.29) is 0 Å². The third-order valence-corrected chi connectivity index (χ3v) is 5.03. The Hall–Kier alpha value is -2.89. The highest BCUT2D eigenvalue weighted by molar-refractivity contribution is 6.42. The number of anilines is 2. The van der Waals surface area contributed by atoms with Crippen molar-refractivity contribution in [2.75, 3.05) is 5.32 Å². The van der Waals surface area contributed by atoms with Gasteiger partial charge in [0.2, 0.25) is 0 Å². The summed E-state index contributed by atoms with van der Waals surface area (Å²) in [6.07, 6.45) is 1.75. The van der Waals surface area contributed by atoms with Crippen LogP contribution in [0.15, 0.2) is 60.8 Å². The van der Waals surface area contributed by atoms with Gasteiger partial charge in [0.05, 0.1) is 21.4 Å². The fraction of sp³-hybridized carbons (Fsp3) is 0. The number of fused-ring (bicyclic) bond motifs is 5. The summed E-state index contributed by atoms with van der Waals surface area (Å²) in [7, 11) is 0. The minimum atomic E-state index is 0.472. The topological polar surface area (TPSA) is 55.6 Å². The maximum absolute atomic E-state index is 6.21. The zero-order chi connectivity index (χ0) is 17.7. The number of hydrogen-bond donors (Lipinski definition) is 1. The smallest absolute Gasteiger partial charge is 0.171 e. The number of hydrogen-bond acceptors (Lipinski definition) is 4. The van der Waals surface area contributed by atoms with E-state index in [2.05, 4.69) is 20.5 Å². The molecule has 126 valence electrons. The molecule has 3 heterocycles. The zero-order valence-electron chi connectivity index (χ0n) is 13.3. The Labute approximate surface area is 159 Å². The summed E-state index contributed by atoms with van der Waals surface area (Å²) in [6.45, 7) is 0. The summed E-state index contributed by atoms with van der Waals surface area (Å²) in [6, 6.07) is 17.3. The van der Waals surface area contributed by atoms with E-state index in [0.717, 1.165) is 34.1 Å². The summed E-state index contributed by atoms with van der Waals surface area (Å²) in [4.78, 5) is 4.49. The van der Waals surface area contributed by atoms with E-state index in [4.69, 9.17) is 23.2 Å². The highest BCUT2D eigenvalue weighted by Crippen LogP contribution is 2.39. The summed E-state index contributed by atoms with van der Waals surface area (Å²) in [5, 5.41) is 13.2. The number of rotatable bonds is 1. The van der Waals surface area contributed by atoms with Gasteiger partial charge in [-0.25, -0.2) is 4.98 Å². The molecule has 2 aromatic heterocycles. The molecule has 0 fully saturated rings. The number of halogens is 2. The van der Waals surface area contributed by atoms with Gasteiger partial charge in [-0.1, -0.05) is 35.3 Å². The maximum Gasteiger partial charge on any atom is 0.171 e. The van der Waals surface area contributed by atoms with Crippen molar-refractivity contribution in [1.29, 1.82) is 0 Å². The molecule has 0 bridgehead atoms. The van der Waals surface area contributed by atoms with Crippen LogP contribution in [0.3, 0.4) is 0 Å². The zero-order valence-corrected chi connectivity index (χ0v) is 14.8. The van der Waals surface area contributed by atoms with E-state index in [1.807, 2.05) is 47.0 Å². The van der Waals surface area contributed by atoms with Crippen molar-refractivity contribution in [3.63, 3.8) is 0 Å². The van der Waals surface area contributed by atoms with Crippen molar-refractivity contribution < 1.29 is 0 Å². The van der Waals surface area contributed by atoms with Crippen molar-refractivity contribution in [2.24, 2.45) is 0 Å². The van der Waals surface area contributed by atoms with Crippen LogP contribution in [0.25, 0.3) is 28.5 Å². The Morgan fingerprint density at radius 3 is 2.58 bits per heavy atom. The Balaban J connectivity index is 1.84. The standard InChI is InChI=1S/C19H11Cl2N5/c20-13-8-7-11(10-14(13)21)18-24-25-19-12-4-1-2-5-15(12)23-17-16(26(18)19)6-3-9-22-17/h1-10H,(H,22,23). The Morgan fingerprint density at radius 2 is 1.69 bits per heavy atom. The van der Waals surface area contributed by atoms with Crippen molar-refractivity contribution in [3.05, 3.63) is 70.8 Å². The molecule has 0 saturated heterocycles. The van der Waals surface area contributed by atoms with Crippen LogP contribution < -0.4 is 5.32 Å². The monoisotopic (exact) mass is 379 g/mol. The average molecular weight is 380 g/mol. The van der Waals surface area contributed by atoms with Crippen molar-refractivity contribution >= 4 is 34.7 Å². The van der Waals surface area contributed by atoms with Crippen LogP contribution in [0, 0.1) is 0 Å². The van der Waals surface area contributed by atoms with E-state index in [0.29, 0.717) is 15.9 Å². The summed E-state index contributed by atoms with van der Waals surface area (Å²) in [5.74, 6) is 2.15. The average Bonchev–Trinajstić information content (AvgIpc) is 3.04. The van der Waals surface area contributed by atoms with Gasteiger partial charge >= 0.3 is 0 Å². The molecule has 1 N–H and O–H groups in total. The first-order chi connectivity index (χ1) is 12.7. The van der Waals surface area contributed by atoms with Crippen molar-refractivity contribution in [2.45, 2.75) is 0 Å². The number of benzene rings is 2. The lowest BCUT2D eigenvalue weighted by Gasteiger charge is -2.11. The molecule has 0 radical (unpaired) electrons. The van der Waals surface area contributed by atoms with Crippen LogP contribution >= 0.6 is 23.2 Å². The highest BCUT2D eigenvalue weighted by Gasteiger charge is 2.25. The van der Waals surface area contributed by atoms with E-state index < -0.39 is 0 Å². The minimum Gasteiger partial charge on any atom is -0.338 e. The molecule has 0 spiro atoms. The van der Waals surface area contributed by atoms with Crippen LogP contribution in [0.2, 0.25) is 10.0 Å². The quantitative estimate of drug-likeness (QED) is 0.425. The van der Waals surface area contributed by atoms with E-state index in [1.54, 1.807) is 18.3 Å². The highest BCUT2D eigenvalue weighted by atomic mass is 35.5. The lowest BCUT2D eigenvalue weighted by Crippen LogP contribution is -2.01. The SMILES string of the molecule is Clc1ccc(-c2nnc3n2-c2cccnc2Nc2ccccc2-3)cc1Cl. The molecule has 0 atom stereocenters. The Bertz CT molecular complexity index is 1150. The number of pyridine rings is 1. The van der Waals surface area contributed by atoms with Crippen LogP contribution in [0.4, 0.5) is 11.5 Å². The fourth-order valence-corrected chi connectivity index (χ4v) is 3.40. The third kappa shape index (κ3) is 2.29. The van der Waals surface area contributed by atoms with Crippen LogP contribution in [0.1, 0.15) is 0 Å². The third-order valence-electron chi connectivity index (χ3n) is 4.29. The van der Waals surface area contributed by atoms with Gasteiger partial charge in [-0.3, -0.25) is 4.57 Å². The maximum atomic E-state index is 6.21. The molecule has 2 aromatic carbocycles. The molecule has 0 saturated carbocycles.